The standard InChI is InChI=1S/C21H18ClFN2O4/c1-13(25-21(27)16-11-29-19-5-3-2-4-15(16)19)8-9-24-20(26)12-28-14-6-7-17(22)18(23)10-14/h2-7,10-11H,1,8-9,12H2,(H,24,26)(H,25,27). The number of rotatable bonds is 8. The Kier molecular flexibility index (Phi) is 6.51. The van der Waals surface area contributed by atoms with Gasteiger partial charge in [0.05, 0.1) is 10.6 Å². The van der Waals surface area contributed by atoms with E-state index >= 15 is 0 Å². The molecule has 0 aliphatic heterocycles. The first kappa shape index (κ1) is 20.4. The third-order valence-electron chi connectivity index (χ3n) is 4.03. The molecule has 2 N–H and O–H groups in total. The highest BCUT2D eigenvalue weighted by molar-refractivity contribution is 6.30. The lowest BCUT2D eigenvalue weighted by Gasteiger charge is -2.10. The Balaban J connectivity index is 1.40. The largest absolute Gasteiger partial charge is 0.484 e. The maximum absolute atomic E-state index is 13.3. The summed E-state index contributed by atoms with van der Waals surface area (Å²) in [7, 11) is 0. The molecule has 1 heterocycles. The fourth-order valence-corrected chi connectivity index (χ4v) is 2.68. The zero-order chi connectivity index (χ0) is 20.8. The molecule has 0 bridgehead atoms. The summed E-state index contributed by atoms with van der Waals surface area (Å²) in [6, 6.07) is 11.1. The molecule has 0 atom stereocenters. The first-order valence-corrected chi connectivity index (χ1v) is 9.12. The molecular formula is C21H18ClFN2O4. The van der Waals surface area contributed by atoms with E-state index in [1.165, 1.54) is 18.4 Å². The molecule has 0 aliphatic carbocycles. The van der Waals surface area contributed by atoms with E-state index in [9.17, 15) is 14.0 Å². The van der Waals surface area contributed by atoms with Crippen molar-refractivity contribution < 1.29 is 23.1 Å². The van der Waals surface area contributed by atoms with E-state index in [2.05, 4.69) is 17.2 Å². The van der Waals surface area contributed by atoms with Gasteiger partial charge in [-0.1, -0.05) is 36.4 Å². The molecule has 0 aliphatic rings. The van der Waals surface area contributed by atoms with Gasteiger partial charge in [-0.15, -0.1) is 0 Å². The predicted molar refractivity (Wildman–Crippen MR) is 107 cm³/mol. The summed E-state index contributed by atoms with van der Waals surface area (Å²) >= 11 is 5.59. The quantitative estimate of drug-likeness (QED) is 0.580. The number of fused-ring (bicyclic) bond motifs is 1. The molecule has 2 amide bonds. The van der Waals surface area contributed by atoms with Crippen molar-refractivity contribution in [1.29, 1.82) is 0 Å². The Morgan fingerprint density at radius 3 is 2.79 bits per heavy atom. The van der Waals surface area contributed by atoms with E-state index in [-0.39, 0.29) is 35.7 Å². The van der Waals surface area contributed by atoms with Gasteiger partial charge in [-0.05, 0) is 18.2 Å². The first-order chi connectivity index (χ1) is 13.9. The average molecular weight is 417 g/mol. The number of carbonyl (C=O) groups excluding carboxylic acids is 2. The van der Waals surface area contributed by atoms with Crippen LogP contribution in [-0.2, 0) is 4.79 Å². The van der Waals surface area contributed by atoms with E-state index in [1.807, 2.05) is 12.1 Å². The Labute approximate surface area is 171 Å². The Bertz CT molecular complexity index is 1060. The number of halogens is 2. The third kappa shape index (κ3) is 5.36. The zero-order valence-electron chi connectivity index (χ0n) is 15.3. The van der Waals surface area contributed by atoms with Gasteiger partial charge in [0.1, 0.15) is 23.4 Å². The molecule has 3 rings (SSSR count). The Hall–Kier alpha value is -3.32. The van der Waals surface area contributed by atoms with Crippen molar-refractivity contribution in [1.82, 2.24) is 10.6 Å². The molecule has 2 aromatic carbocycles. The van der Waals surface area contributed by atoms with Crippen molar-refractivity contribution in [3.8, 4) is 5.75 Å². The number of para-hydroxylation sites is 1. The number of ether oxygens (including phenoxy) is 1. The monoisotopic (exact) mass is 416 g/mol. The van der Waals surface area contributed by atoms with Gasteiger partial charge in [-0.3, -0.25) is 9.59 Å². The molecule has 0 fully saturated rings. The smallest absolute Gasteiger partial charge is 0.259 e. The fraction of sp³-hybridized carbons (Fsp3) is 0.143. The lowest BCUT2D eigenvalue weighted by atomic mass is 10.1. The van der Waals surface area contributed by atoms with Gasteiger partial charge in [0.25, 0.3) is 11.8 Å². The number of carbonyl (C=O) groups is 2. The number of nitrogens with one attached hydrogen (secondary N) is 2. The van der Waals surface area contributed by atoms with E-state index in [0.717, 1.165) is 6.07 Å². The number of amides is 2. The van der Waals surface area contributed by atoms with Crippen molar-refractivity contribution in [3.05, 3.63) is 77.4 Å². The van der Waals surface area contributed by atoms with Crippen molar-refractivity contribution in [2.45, 2.75) is 6.42 Å². The molecule has 1 aromatic heterocycles. The topological polar surface area (TPSA) is 80.6 Å². The summed E-state index contributed by atoms with van der Waals surface area (Å²) in [5.41, 5.74) is 1.48. The molecule has 0 spiro atoms. The molecule has 0 saturated carbocycles. The van der Waals surface area contributed by atoms with Crippen LogP contribution in [-0.4, -0.2) is 25.0 Å². The minimum Gasteiger partial charge on any atom is -0.484 e. The van der Waals surface area contributed by atoms with Crippen LogP contribution in [0.15, 0.2) is 65.4 Å². The number of hydrogen-bond donors (Lipinski definition) is 2. The van der Waals surface area contributed by atoms with Crippen LogP contribution < -0.4 is 15.4 Å². The van der Waals surface area contributed by atoms with Gasteiger partial charge in [-0.25, -0.2) is 4.39 Å². The second-order valence-electron chi connectivity index (χ2n) is 6.17. The van der Waals surface area contributed by atoms with Gasteiger partial charge >= 0.3 is 0 Å². The Morgan fingerprint density at radius 1 is 1.21 bits per heavy atom. The third-order valence-corrected chi connectivity index (χ3v) is 4.33. The highest BCUT2D eigenvalue weighted by Gasteiger charge is 2.14. The second-order valence-corrected chi connectivity index (χ2v) is 6.57. The zero-order valence-corrected chi connectivity index (χ0v) is 16.1. The van der Waals surface area contributed by atoms with Gasteiger partial charge in [0.15, 0.2) is 6.61 Å². The van der Waals surface area contributed by atoms with E-state index in [4.69, 9.17) is 20.8 Å². The van der Waals surface area contributed by atoms with Gasteiger partial charge in [0.2, 0.25) is 0 Å². The fourth-order valence-electron chi connectivity index (χ4n) is 2.56. The van der Waals surface area contributed by atoms with Gasteiger partial charge < -0.3 is 19.8 Å². The lowest BCUT2D eigenvalue weighted by Crippen LogP contribution is -2.31. The van der Waals surface area contributed by atoms with Crippen LogP contribution in [0, 0.1) is 5.82 Å². The van der Waals surface area contributed by atoms with E-state index in [0.29, 0.717) is 28.7 Å². The minimum absolute atomic E-state index is 0.0224. The summed E-state index contributed by atoms with van der Waals surface area (Å²) in [5.74, 6) is -1.15. The van der Waals surface area contributed by atoms with Crippen molar-refractivity contribution in [2.24, 2.45) is 0 Å². The molecule has 0 unspecified atom stereocenters. The van der Waals surface area contributed by atoms with Crippen molar-refractivity contribution in [2.75, 3.05) is 13.2 Å². The summed E-state index contributed by atoms with van der Waals surface area (Å²) < 4.78 is 23.9. The minimum atomic E-state index is -0.623. The Morgan fingerprint density at radius 2 is 2.00 bits per heavy atom. The summed E-state index contributed by atoms with van der Waals surface area (Å²) in [5, 5.41) is 6.01. The second kappa shape index (κ2) is 9.25. The average Bonchev–Trinajstić information content (AvgIpc) is 3.13. The molecule has 150 valence electrons. The number of hydrogen-bond acceptors (Lipinski definition) is 4. The molecule has 29 heavy (non-hydrogen) atoms. The van der Waals surface area contributed by atoms with Crippen LogP contribution in [0.2, 0.25) is 5.02 Å². The van der Waals surface area contributed by atoms with Crippen LogP contribution in [0.1, 0.15) is 16.8 Å². The van der Waals surface area contributed by atoms with Crippen LogP contribution >= 0.6 is 11.6 Å². The van der Waals surface area contributed by atoms with Gasteiger partial charge in [0, 0.05) is 30.1 Å². The highest BCUT2D eigenvalue weighted by atomic mass is 35.5. The molecule has 0 radical (unpaired) electrons. The maximum atomic E-state index is 13.3. The molecule has 6 nitrogen and oxygen atoms in total. The van der Waals surface area contributed by atoms with Crippen molar-refractivity contribution >= 4 is 34.4 Å². The normalized spacial score (nSPS) is 10.6. The summed E-state index contributed by atoms with van der Waals surface area (Å²) in [6.07, 6.45) is 1.73. The first-order valence-electron chi connectivity index (χ1n) is 8.74. The van der Waals surface area contributed by atoms with Crippen LogP contribution in [0.3, 0.4) is 0 Å². The van der Waals surface area contributed by atoms with E-state index in [1.54, 1.807) is 12.1 Å². The van der Waals surface area contributed by atoms with Crippen molar-refractivity contribution in [3.63, 3.8) is 0 Å². The highest BCUT2D eigenvalue weighted by Crippen LogP contribution is 2.21. The molecule has 0 saturated heterocycles. The molecular weight excluding hydrogens is 399 g/mol. The van der Waals surface area contributed by atoms with Crippen LogP contribution in [0.4, 0.5) is 4.39 Å². The SMILES string of the molecule is C=C(CCNC(=O)COc1ccc(Cl)c(F)c1)NC(=O)c1coc2ccccc12. The van der Waals surface area contributed by atoms with Gasteiger partial charge in [-0.2, -0.15) is 0 Å². The predicted octanol–water partition coefficient (Wildman–Crippen LogP) is 4.05. The summed E-state index contributed by atoms with van der Waals surface area (Å²) in [4.78, 5) is 24.2. The lowest BCUT2D eigenvalue weighted by molar-refractivity contribution is -0.123. The molecule has 3 aromatic rings. The number of benzene rings is 2. The summed E-state index contributed by atoms with van der Waals surface area (Å²) in [6.45, 7) is 3.77. The molecule has 8 heteroatoms. The van der Waals surface area contributed by atoms with Crippen LogP contribution in [0.5, 0.6) is 5.75 Å². The van der Waals surface area contributed by atoms with Crippen LogP contribution in [0.25, 0.3) is 11.0 Å². The number of furan rings is 1. The van der Waals surface area contributed by atoms with E-state index < -0.39 is 5.82 Å². The maximum Gasteiger partial charge on any atom is 0.259 e.